The number of benzene rings is 1. The van der Waals surface area contributed by atoms with Crippen molar-refractivity contribution in [3.8, 4) is 5.88 Å². The van der Waals surface area contributed by atoms with E-state index in [-0.39, 0.29) is 24.2 Å². The van der Waals surface area contributed by atoms with Crippen LogP contribution in [0.1, 0.15) is 36.3 Å². The number of carbonyl (C=O) groups is 1. The Morgan fingerprint density at radius 1 is 1.25 bits per heavy atom. The van der Waals surface area contributed by atoms with E-state index in [4.69, 9.17) is 9.47 Å². The highest BCUT2D eigenvalue weighted by Crippen LogP contribution is 2.47. The van der Waals surface area contributed by atoms with Crippen LogP contribution in [-0.4, -0.2) is 55.4 Å². The van der Waals surface area contributed by atoms with E-state index in [1.807, 2.05) is 23.2 Å². The van der Waals surface area contributed by atoms with E-state index in [0.717, 1.165) is 38.8 Å². The van der Waals surface area contributed by atoms with Crippen molar-refractivity contribution in [3.63, 3.8) is 0 Å². The lowest BCUT2D eigenvalue weighted by atomic mass is 9.74. The van der Waals surface area contributed by atoms with E-state index in [1.165, 1.54) is 11.1 Å². The summed E-state index contributed by atoms with van der Waals surface area (Å²) in [5.74, 6) is 0.986. The van der Waals surface area contributed by atoms with Gasteiger partial charge in [-0.15, -0.1) is 0 Å². The summed E-state index contributed by atoms with van der Waals surface area (Å²) in [6.07, 6.45) is 7.15. The van der Waals surface area contributed by atoms with Gasteiger partial charge in [-0.05, 0) is 55.3 Å². The largest absolute Gasteiger partial charge is 0.481 e. The number of amides is 1. The number of methoxy groups -OCH3 is 1. The fourth-order valence-corrected chi connectivity index (χ4v) is 4.89. The van der Waals surface area contributed by atoms with Crippen LogP contribution in [0.2, 0.25) is 0 Å². The van der Waals surface area contributed by atoms with Crippen LogP contribution in [0, 0.1) is 5.41 Å². The van der Waals surface area contributed by atoms with Crippen molar-refractivity contribution in [1.82, 2.24) is 15.2 Å². The van der Waals surface area contributed by atoms with Crippen molar-refractivity contribution < 1.29 is 14.3 Å². The summed E-state index contributed by atoms with van der Waals surface area (Å²) in [4.78, 5) is 19.5. The number of rotatable bonds is 9. The summed E-state index contributed by atoms with van der Waals surface area (Å²) in [5.41, 5.74) is 2.44. The molecule has 1 aromatic carbocycles. The van der Waals surface area contributed by atoms with Gasteiger partial charge in [0, 0.05) is 30.8 Å². The molecule has 2 heterocycles. The molecule has 32 heavy (non-hydrogen) atoms. The minimum absolute atomic E-state index is 0.0153. The van der Waals surface area contributed by atoms with Gasteiger partial charge in [0.25, 0.3) is 0 Å². The maximum absolute atomic E-state index is 13.1. The van der Waals surface area contributed by atoms with E-state index in [0.29, 0.717) is 18.3 Å². The van der Waals surface area contributed by atoms with Crippen LogP contribution in [-0.2, 0) is 11.2 Å². The molecular formula is C26H33N3O3. The Bertz CT molecular complexity index is 894. The molecule has 1 aliphatic heterocycles. The Kier molecular flexibility index (Phi) is 7.10. The first-order valence-corrected chi connectivity index (χ1v) is 11.4. The van der Waals surface area contributed by atoms with Gasteiger partial charge in [-0.1, -0.05) is 49.1 Å². The average Bonchev–Trinajstić information content (AvgIpc) is 3.63. The third kappa shape index (κ3) is 5.30. The third-order valence-corrected chi connectivity index (χ3v) is 6.70. The number of aromatic nitrogens is 1. The van der Waals surface area contributed by atoms with Crippen molar-refractivity contribution in [2.24, 2.45) is 5.41 Å². The maximum Gasteiger partial charge on any atom is 0.410 e. The molecule has 1 saturated carbocycles. The number of piperidine rings is 1. The molecule has 0 bridgehead atoms. The second kappa shape index (κ2) is 10.2. The summed E-state index contributed by atoms with van der Waals surface area (Å²) in [6, 6.07) is 14.6. The first kappa shape index (κ1) is 22.3. The van der Waals surface area contributed by atoms with E-state index in [9.17, 15) is 4.79 Å². The van der Waals surface area contributed by atoms with Gasteiger partial charge >= 0.3 is 6.09 Å². The molecule has 170 valence electrons. The minimum atomic E-state index is -0.237. The molecule has 2 fully saturated rings. The van der Waals surface area contributed by atoms with Crippen molar-refractivity contribution in [1.29, 1.82) is 0 Å². The van der Waals surface area contributed by atoms with E-state index in [1.54, 1.807) is 13.2 Å². The molecule has 1 aliphatic carbocycles. The van der Waals surface area contributed by atoms with Crippen LogP contribution in [0.15, 0.2) is 61.3 Å². The molecular weight excluding hydrogens is 402 g/mol. The van der Waals surface area contributed by atoms with Crippen LogP contribution in [0.4, 0.5) is 4.79 Å². The predicted molar refractivity (Wildman–Crippen MR) is 125 cm³/mol. The second-order valence-corrected chi connectivity index (χ2v) is 8.95. The zero-order valence-electron chi connectivity index (χ0n) is 18.8. The lowest BCUT2D eigenvalue weighted by molar-refractivity contribution is 0.0705. The number of hydrogen-bond acceptors (Lipinski definition) is 5. The van der Waals surface area contributed by atoms with Gasteiger partial charge in [0.15, 0.2) is 0 Å². The van der Waals surface area contributed by atoms with E-state index < -0.39 is 0 Å². The molecule has 6 heteroatoms. The van der Waals surface area contributed by atoms with Gasteiger partial charge in [0.05, 0.1) is 7.11 Å². The Hall–Kier alpha value is -2.86. The molecule has 6 nitrogen and oxygen atoms in total. The summed E-state index contributed by atoms with van der Waals surface area (Å²) >= 11 is 0. The standard InChI is InChI=1S/C26H33N3O3/c1-3-15-32-25(30)29(23-16-22(23)21-7-5-4-6-8-21)19-26(11-13-27-14-12-26)17-20-9-10-24(31-2)28-18-20/h3-10,18,22-23,27H,1,11-17,19H2,2H3/t22-,23+/m0/s1. The lowest BCUT2D eigenvalue weighted by Crippen LogP contribution is -2.49. The molecule has 2 aromatic rings. The van der Waals surface area contributed by atoms with Gasteiger partial charge in [-0.2, -0.15) is 0 Å². The fraction of sp³-hybridized carbons (Fsp3) is 0.462. The Morgan fingerprint density at radius 3 is 2.69 bits per heavy atom. The highest BCUT2D eigenvalue weighted by Gasteiger charge is 2.48. The van der Waals surface area contributed by atoms with Gasteiger partial charge in [0.2, 0.25) is 5.88 Å². The topological polar surface area (TPSA) is 63.7 Å². The SMILES string of the molecule is C=CCOC(=O)N(CC1(Cc2ccc(OC)nc2)CCNCC1)[C@@H]1C[C@H]1c1ccccc1. The predicted octanol–water partition coefficient (Wildman–Crippen LogP) is 4.18. The van der Waals surface area contributed by atoms with Crippen molar-refractivity contribution in [2.45, 2.75) is 37.6 Å². The fourth-order valence-electron chi connectivity index (χ4n) is 4.89. The summed E-state index contributed by atoms with van der Waals surface area (Å²) in [7, 11) is 1.63. The number of pyridine rings is 1. The average molecular weight is 436 g/mol. The lowest BCUT2D eigenvalue weighted by Gasteiger charge is -2.41. The van der Waals surface area contributed by atoms with Crippen LogP contribution in [0.25, 0.3) is 0 Å². The van der Waals surface area contributed by atoms with E-state index in [2.05, 4.69) is 47.2 Å². The normalized spacial score (nSPS) is 21.4. The number of nitrogens with zero attached hydrogens (tertiary/aromatic N) is 2. The molecule has 1 aromatic heterocycles. The molecule has 0 spiro atoms. The molecule has 2 aliphatic rings. The monoisotopic (exact) mass is 435 g/mol. The Morgan fingerprint density at radius 2 is 2.03 bits per heavy atom. The van der Waals surface area contributed by atoms with Gasteiger partial charge in [-0.25, -0.2) is 9.78 Å². The second-order valence-electron chi connectivity index (χ2n) is 8.95. The number of ether oxygens (including phenoxy) is 2. The first-order valence-electron chi connectivity index (χ1n) is 11.4. The van der Waals surface area contributed by atoms with Gasteiger partial charge < -0.3 is 19.7 Å². The highest BCUT2D eigenvalue weighted by molar-refractivity contribution is 5.69. The van der Waals surface area contributed by atoms with Crippen LogP contribution in [0.5, 0.6) is 5.88 Å². The summed E-state index contributed by atoms with van der Waals surface area (Å²) in [5, 5.41) is 3.48. The van der Waals surface area contributed by atoms with Crippen LogP contribution < -0.4 is 10.1 Å². The van der Waals surface area contributed by atoms with Crippen LogP contribution >= 0.6 is 0 Å². The highest BCUT2D eigenvalue weighted by atomic mass is 16.6. The first-order chi connectivity index (χ1) is 15.6. The molecule has 1 saturated heterocycles. The summed E-state index contributed by atoms with van der Waals surface area (Å²) < 4.78 is 10.7. The Balaban J connectivity index is 1.55. The smallest absolute Gasteiger partial charge is 0.410 e. The third-order valence-electron chi connectivity index (χ3n) is 6.70. The molecule has 0 unspecified atom stereocenters. The van der Waals surface area contributed by atoms with Gasteiger partial charge in [-0.3, -0.25) is 0 Å². The Labute approximate surface area is 190 Å². The van der Waals surface area contributed by atoms with E-state index >= 15 is 0 Å². The van der Waals surface area contributed by atoms with Gasteiger partial charge in [0.1, 0.15) is 6.61 Å². The number of carbonyl (C=O) groups excluding carboxylic acids is 1. The molecule has 1 amide bonds. The zero-order chi connectivity index (χ0) is 22.4. The number of nitrogens with one attached hydrogen (secondary N) is 1. The molecule has 1 N–H and O–H groups in total. The van der Waals surface area contributed by atoms with Crippen molar-refractivity contribution >= 4 is 6.09 Å². The van der Waals surface area contributed by atoms with Crippen LogP contribution in [0.3, 0.4) is 0 Å². The number of hydrogen-bond donors (Lipinski definition) is 1. The quantitative estimate of drug-likeness (QED) is 0.599. The molecule has 2 atom stereocenters. The summed E-state index contributed by atoms with van der Waals surface area (Å²) in [6.45, 7) is 6.51. The maximum atomic E-state index is 13.1. The molecule has 0 radical (unpaired) electrons. The minimum Gasteiger partial charge on any atom is -0.481 e. The van der Waals surface area contributed by atoms with Crippen molar-refractivity contribution in [3.05, 3.63) is 72.4 Å². The van der Waals surface area contributed by atoms with Crippen molar-refractivity contribution in [2.75, 3.05) is 33.4 Å². The molecule has 4 rings (SSSR count). The zero-order valence-corrected chi connectivity index (χ0v) is 18.8.